The van der Waals surface area contributed by atoms with E-state index in [-0.39, 0.29) is 11.3 Å². The number of ketones is 1. The van der Waals surface area contributed by atoms with Crippen molar-refractivity contribution < 1.29 is 19.4 Å². The lowest BCUT2D eigenvalue weighted by atomic mass is 9.91. The molecule has 7 heteroatoms. The molecular formula is C26H25ClN2O4. The van der Waals surface area contributed by atoms with Crippen molar-refractivity contribution in [2.75, 3.05) is 34.3 Å². The fourth-order valence-corrected chi connectivity index (χ4v) is 4.46. The number of benzene rings is 3. The maximum atomic E-state index is 13.2. The monoisotopic (exact) mass is 464 g/mol. The van der Waals surface area contributed by atoms with Crippen LogP contribution in [0.25, 0.3) is 16.5 Å². The van der Waals surface area contributed by atoms with E-state index in [2.05, 4.69) is 0 Å². The number of hydrogen-bond acceptors (Lipinski definition) is 5. The van der Waals surface area contributed by atoms with Gasteiger partial charge >= 0.3 is 0 Å². The van der Waals surface area contributed by atoms with E-state index in [1.165, 1.54) is 13.2 Å². The third kappa shape index (κ3) is 4.19. The molecule has 1 fully saturated rings. The number of aliphatic hydroxyl groups excluding tert-OH is 1. The first-order valence-electron chi connectivity index (χ1n) is 10.6. The Morgan fingerprint density at radius 3 is 2.52 bits per heavy atom. The highest BCUT2D eigenvalue weighted by molar-refractivity contribution is 6.46. The Morgan fingerprint density at radius 1 is 1.09 bits per heavy atom. The number of likely N-dealkylation sites (tertiary alicyclic amines) is 1. The molecule has 1 aliphatic heterocycles. The van der Waals surface area contributed by atoms with E-state index in [0.717, 1.165) is 16.3 Å². The molecule has 0 spiro atoms. The molecule has 1 N–H and O–H groups in total. The summed E-state index contributed by atoms with van der Waals surface area (Å²) in [5.41, 5.74) is 1.18. The minimum atomic E-state index is -0.725. The second kappa shape index (κ2) is 9.25. The molecule has 1 unspecified atom stereocenters. The number of nitrogens with zero attached hydrogens (tertiary/aromatic N) is 2. The topological polar surface area (TPSA) is 70.1 Å². The summed E-state index contributed by atoms with van der Waals surface area (Å²) in [5.74, 6) is -1.15. The number of fused-ring (bicyclic) bond motifs is 1. The summed E-state index contributed by atoms with van der Waals surface area (Å²) in [4.78, 5) is 29.8. The second-order valence-electron chi connectivity index (χ2n) is 8.21. The molecule has 0 radical (unpaired) electrons. The van der Waals surface area contributed by atoms with Gasteiger partial charge in [-0.1, -0.05) is 54.1 Å². The summed E-state index contributed by atoms with van der Waals surface area (Å²) >= 11 is 6.26. The molecule has 3 aromatic carbocycles. The number of likely N-dealkylation sites (N-methyl/N-ethyl adjacent to an activating group) is 1. The SMILES string of the molecule is COc1ccc(/C(O)=C2/C(=O)C(=O)N(CCN(C)C)C2c2cccc3ccccc23)cc1Cl. The van der Waals surface area contributed by atoms with Crippen LogP contribution in [0.3, 0.4) is 0 Å². The maximum absolute atomic E-state index is 13.2. The van der Waals surface area contributed by atoms with E-state index in [1.54, 1.807) is 17.0 Å². The lowest BCUT2D eigenvalue weighted by Crippen LogP contribution is -2.35. The van der Waals surface area contributed by atoms with Gasteiger partial charge in [-0.15, -0.1) is 0 Å². The number of Topliss-reactive ketones (excluding diaryl/α,β-unsaturated/α-hetero) is 1. The highest BCUT2D eigenvalue weighted by Crippen LogP contribution is 2.42. The van der Waals surface area contributed by atoms with Crippen LogP contribution in [0.15, 0.2) is 66.2 Å². The van der Waals surface area contributed by atoms with Crippen LogP contribution >= 0.6 is 11.6 Å². The van der Waals surface area contributed by atoms with Crippen molar-refractivity contribution in [3.05, 3.63) is 82.4 Å². The van der Waals surface area contributed by atoms with Gasteiger partial charge in [-0.3, -0.25) is 9.59 Å². The number of rotatable bonds is 6. The second-order valence-corrected chi connectivity index (χ2v) is 8.62. The van der Waals surface area contributed by atoms with Crippen LogP contribution in [0.1, 0.15) is 17.2 Å². The van der Waals surface area contributed by atoms with Crippen LogP contribution in [0.5, 0.6) is 5.75 Å². The first-order valence-corrected chi connectivity index (χ1v) is 11.0. The van der Waals surface area contributed by atoms with Crippen LogP contribution in [0.2, 0.25) is 5.02 Å². The van der Waals surface area contributed by atoms with Crippen LogP contribution < -0.4 is 4.74 Å². The van der Waals surface area contributed by atoms with Crippen molar-refractivity contribution in [1.29, 1.82) is 0 Å². The largest absolute Gasteiger partial charge is 0.507 e. The lowest BCUT2D eigenvalue weighted by Gasteiger charge is -2.27. The van der Waals surface area contributed by atoms with Gasteiger partial charge in [0.15, 0.2) is 0 Å². The summed E-state index contributed by atoms with van der Waals surface area (Å²) in [6.07, 6.45) is 0. The normalized spacial score (nSPS) is 17.8. The van der Waals surface area contributed by atoms with Gasteiger partial charge in [-0.25, -0.2) is 0 Å². The van der Waals surface area contributed by atoms with Crippen LogP contribution in [-0.4, -0.2) is 60.9 Å². The van der Waals surface area contributed by atoms with Gasteiger partial charge < -0.3 is 19.6 Å². The molecular weight excluding hydrogens is 440 g/mol. The van der Waals surface area contributed by atoms with Gasteiger partial charge in [0.1, 0.15) is 11.5 Å². The fourth-order valence-electron chi connectivity index (χ4n) is 4.20. The molecule has 3 aromatic rings. The zero-order valence-corrected chi connectivity index (χ0v) is 19.5. The Balaban J connectivity index is 1.93. The smallest absolute Gasteiger partial charge is 0.295 e. The molecule has 33 heavy (non-hydrogen) atoms. The molecule has 0 bridgehead atoms. The molecule has 0 saturated carbocycles. The number of aliphatic hydroxyl groups is 1. The maximum Gasteiger partial charge on any atom is 0.295 e. The molecule has 4 rings (SSSR count). The van der Waals surface area contributed by atoms with Crippen LogP contribution in [0, 0.1) is 0 Å². The predicted octanol–water partition coefficient (Wildman–Crippen LogP) is 4.49. The van der Waals surface area contributed by atoms with Gasteiger partial charge in [0.25, 0.3) is 11.7 Å². The molecule has 1 aliphatic rings. The van der Waals surface area contributed by atoms with Crippen molar-refractivity contribution in [2.45, 2.75) is 6.04 Å². The molecule has 1 atom stereocenters. The predicted molar refractivity (Wildman–Crippen MR) is 130 cm³/mol. The van der Waals surface area contributed by atoms with Gasteiger partial charge in [0.05, 0.1) is 23.7 Å². The van der Waals surface area contributed by atoms with Crippen LogP contribution in [-0.2, 0) is 9.59 Å². The average Bonchev–Trinajstić information content (AvgIpc) is 3.06. The number of halogens is 1. The van der Waals surface area contributed by atoms with E-state index in [9.17, 15) is 14.7 Å². The minimum Gasteiger partial charge on any atom is -0.507 e. The highest BCUT2D eigenvalue weighted by Gasteiger charge is 2.46. The molecule has 0 aromatic heterocycles. The van der Waals surface area contributed by atoms with Crippen molar-refractivity contribution in [2.24, 2.45) is 0 Å². The molecule has 6 nitrogen and oxygen atoms in total. The van der Waals surface area contributed by atoms with Crippen LogP contribution in [0.4, 0.5) is 0 Å². The van der Waals surface area contributed by atoms with Crippen molar-refractivity contribution in [3.8, 4) is 5.75 Å². The molecule has 1 amide bonds. The average molecular weight is 465 g/mol. The van der Waals surface area contributed by atoms with Gasteiger partial charge in [0, 0.05) is 18.7 Å². The molecule has 170 valence electrons. The number of carbonyl (C=O) groups excluding carboxylic acids is 2. The number of hydrogen-bond donors (Lipinski definition) is 1. The zero-order chi connectivity index (χ0) is 23.7. The van der Waals surface area contributed by atoms with Crippen molar-refractivity contribution >= 4 is 39.8 Å². The quantitative estimate of drug-likeness (QED) is 0.331. The first-order chi connectivity index (χ1) is 15.8. The Morgan fingerprint density at radius 2 is 1.82 bits per heavy atom. The van der Waals surface area contributed by atoms with E-state index >= 15 is 0 Å². The van der Waals surface area contributed by atoms with Crippen molar-refractivity contribution in [3.63, 3.8) is 0 Å². The van der Waals surface area contributed by atoms with Gasteiger partial charge in [0.2, 0.25) is 0 Å². The first kappa shape index (κ1) is 22.8. The van der Waals surface area contributed by atoms with Gasteiger partial charge in [-0.05, 0) is 48.6 Å². The third-order valence-corrected chi connectivity index (χ3v) is 6.17. The Kier molecular flexibility index (Phi) is 6.40. The third-order valence-electron chi connectivity index (χ3n) is 5.87. The fraction of sp³-hybridized carbons (Fsp3) is 0.231. The number of carbonyl (C=O) groups is 2. The van der Waals surface area contributed by atoms with Gasteiger partial charge in [-0.2, -0.15) is 0 Å². The summed E-state index contributed by atoms with van der Waals surface area (Å²) < 4.78 is 5.19. The number of amides is 1. The standard InChI is InChI=1S/C26H25ClN2O4/c1-28(2)13-14-29-23(19-10-6-8-16-7-4-5-9-18(16)19)22(25(31)26(29)32)24(30)17-11-12-21(33-3)20(27)15-17/h4-12,15,23,30H,13-14H2,1-3H3/b24-22-. The van der Waals surface area contributed by atoms with Crippen molar-refractivity contribution in [1.82, 2.24) is 9.80 Å². The Labute approximate surface area is 197 Å². The molecule has 1 heterocycles. The highest BCUT2D eigenvalue weighted by atomic mass is 35.5. The summed E-state index contributed by atoms with van der Waals surface area (Å²) in [6.45, 7) is 0.911. The Hall–Kier alpha value is -3.35. The van der Waals surface area contributed by atoms with E-state index in [0.29, 0.717) is 29.4 Å². The number of methoxy groups -OCH3 is 1. The lowest BCUT2D eigenvalue weighted by molar-refractivity contribution is -0.140. The van der Waals surface area contributed by atoms with E-state index in [4.69, 9.17) is 16.3 Å². The molecule has 1 saturated heterocycles. The number of ether oxygens (including phenoxy) is 1. The zero-order valence-electron chi connectivity index (χ0n) is 18.7. The summed E-state index contributed by atoms with van der Waals surface area (Å²) in [6, 6.07) is 17.6. The Bertz CT molecular complexity index is 1260. The summed E-state index contributed by atoms with van der Waals surface area (Å²) in [7, 11) is 5.31. The minimum absolute atomic E-state index is 0.0522. The van der Waals surface area contributed by atoms with E-state index < -0.39 is 17.7 Å². The summed E-state index contributed by atoms with van der Waals surface area (Å²) in [5, 5.41) is 13.5. The van der Waals surface area contributed by atoms with E-state index in [1.807, 2.05) is 61.5 Å². The molecule has 0 aliphatic carbocycles.